The highest BCUT2D eigenvalue weighted by Crippen LogP contribution is 2.25. The monoisotopic (exact) mass is 303 g/mol. The van der Waals surface area contributed by atoms with E-state index >= 15 is 0 Å². The van der Waals surface area contributed by atoms with Gasteiger partial charge in [0.25, 0.3) is 0 Å². The van der Waals surface area contributed by atoms with Crippen LogP contribution in [0.1, 0.15) is 18.1 Å². The Labute approximate surface area is 128 Å². The summed E-state index contributed by atoms with van der Waals surface area (Å²) < 4.78 is 13.5. The molecule has 1 amide bonds. The Balaban J connectivity index is 1.88. The fraction of sp³-hybridized carbons (Fsp3) is 0.235. The van der Waals surface area contributed by atoms with E-state index in [9.17, 15) is 9.18 Å². The van der Waals surface area contributed by atoms with E-state index in [1.54, 1.807) is 25.1 Å². The van der Waals surface area contributed by atoms with Crippen LogP contribution in [-0.4, -0.2) is 11.2 Å². The van der Waals surface area contributed by atoms with Crippen molar-refractivity contribution in [2.24, 2.45) is 0 Å². The summed E-state index contributed by atoms with van der Waals surface area (Å²) in [4.78, 5) is 12.5. The fourth-order valence-electron chi connectivity index (χ4n) is 1.82. The van der Waals surface area contributed by atoms with Gasteiger partial charge in [-0.15, -0.1) is 11.8 Å². The van der Waals surface area contributed by atoms with Crippen molar-refractivity contribution >= 4 is 17.7 Å². The van der Waals surface area contributed by atoms with E-state index in [-0.39, 0.29) is 17.0 Å². The zero-order valence-electron chi connectivity index (χ0n) is 12.1. The molecule has 0 spiro atoms. The lowest BCUT2D eigenvalue weighted by Crippen LogP contribution is -2.30. The first-order valence-electron chi connectivity index (χ1n) is 6.80. The van der Waals surface area contributed by atoms with Crippen LogP contribution in [0, 0.1) is 12.7 Å². The molecule has 0 radical (unpaired) electrons. The van der Waals surface area contributed by atoms with Crippen LogP contribution >= 0.6 is 11.8 Å². The van der Waals surface area contributed by atoms with Gasteiger partial charge in [0.15, 0.2) is 0 Å². The molecule has 2 nitrogen and oxygen atoms in total. The second-order valence-corrected chi connectivity index (χ2v) is 6.28. The summed E-state index contributed by atoms with van der Waals surface area (Å²) in [6, 6.07) is 14.5. The number of carbonyl (C=O) groups excluding carboxylic acids is 1. The second kappa shape index (κ2) is 7.27. The van der Waals surface area contributed by atoms with Crippen molar-refractivity contribution in [3.05, 3.63) is 65.5 Å². The molecular weight excluding hydrogens is 285 g/mol. The summed E-state index contributed by atoms with van der Waals surface area (Å²) in [5.41, 5.74) is 2.24. The highest BCUT2D eigenvalue weighted by atomic mass is 32.2. The minimum atomic E-state index is -0.340. The van der Waals surface area contributed by atoms with Crippen LogP contribution in [0.15, 0.2) is 53.4 Å². The molecule has 0 heterocycles. The lowest BCUT2D eigenvalue weighted by atomic mass is 10.1. The number of halogens is 1. The van der Waals surface area contributed by atoms with Gasteiger partial charge in [-0.1, -0.05) is 42.0 Å². The molecule has 0 aromatic heterocycles. The third kappa shape index (κ3) is 4.60. The third-order valence-electron chi connectivity index (χ3n) is 3.10. The summed E-state index contributed by atoms with van der Waals surface area (Å²) in [5, 5.41) is 2.54. The van der Waals surface area contributed by atoms with Crippen LogP contribution in [0.2, 0.25) is 0 Å². The highest BCUT2D eigenvalue weighted by Gasteiger charge is 2.15. The van der Waals surface area contributed by atoms with Crippen LogP contribution in [0.5, 0.6) is 0 Å². The maximum absolute atomic E-state index is 13.5. The van der Waals surface area contributed by atoms with Gasteiger partial charge in [0.05, 0.1) is 5.25 Å². The number of amides is 1. The second-order valence-electron chi connectivity index (χ2n) is 4.89. The Hall–Kier alpha value is -1.81. The van der Waals surface area contributed by atoms with E-state index in [2.05, 4.69) is 5.32 Å². The van der Waals surface area contributed by atoms with Gasteiger partial charge in [0.2, 0.25) is 5.91 Å². The predicted molar refractivity (Wildman–Crippen MR) is 84.7 cm³/mol. The van der Waals surface area contributed by atoms with Crippen LogP contribution in [-0.2, 0) is 11.3 Å². The largest absolute Gasteiger partial charge is 0.351 e. The number of carbonyl (C=O) groups is 1. The average molecular weight is 303 g/mol. The molecule has 4 heteroatoms. The minimum absolute atomic E-state index is 0.0937. The quantitative estimate of drug-likeness (QED) is 0.848. The number of nitrogens with one attached hydrogen (secondary N) is 1. The number of hydrogen-bond acceptors (Lipinski definition) is 2. The van der Waals surface area contributed by atoms with Gasteiger partial charge in [-0.3, -0.25) is 4.79 Å². The molecule has 0 aliphatic heterocycles. The van der Waals surface area contributed by atoms with E-state index in [0.717, 1.165) is 5.56 Å². The Kier molecular flexibility index (Phi) is 5.39. The van der Waals surface area contributed by atoms with Crippen molar-refractivity contribution < 1.29 is 9.18 Å². The first kappa shape index (κ1) is 15.6. The van der Waals surface area contributed by atoms with E-state index in [1.165, 1.54) is 23.4 Å². The predicted octanol–water partition coefficient (Wildman–Crippen LogP) is 3.93. The zero-order chi connectivity index (χ0) is 15.2. The smallest absolute Gasteiger partial charge is 0.233 e. The van der Waals surface area contributed by atoms with Gasteiger partial charge in [-0.25, -0.2) is 4.39 Å². The SMILES string of the molecule is Cc1ccc(CNC(=O)C(C)Sc2ccccc2F)cc1. The number of thioether (sulfide) groups is 1. The summed E-state index contributed by atoms with van der Waals surface area (Å²) in [6.07, 6.45) is 0. The lowest BCUT2D eigenvalue weighted by Gasteiger charge is -2.12. The van der Waals surface area contributed by atoms with Crippen molar-refractivity contribution in [2.45, 2.75) is 30.5 Å². The summed E-state index contributed by atoms with van der Waals surface area (Å²) in [6.45, 7) is 4.29. The molecule has 2 aromatic rings. The summed E-state index contributed by atoms with van der Waals surface area (Å²) in [7, 11) is 0. The maximum Gasteiger partial charge on any atom is 0.233 e. The summed E-state index contributed by atoms with van der Waals surface area (Å²) >= 11 is 1.23. The first-order chi connectivity index (χ1) is 10.1. The Morgan fingerprint density at radius 3 is 2.52 bits per heavy atom. The van der Waals surface area contributed by atoms with Crippen LogP contribution < -0.4 is 5.32 Å². The standard InChI is InChI=1S/C17H18FNOS/c1-12-7-9-14(10-8-12)11-19-17(20)13(2)21-16-6-4-3-5-15(16)18/h3-10,13H,11H2,1-2H3,(H,19,20). The molecule has 0 saturated heterocycles. The van der Waals surface area contributed by atoms with E-state index < -0.39 is 0 Å². The van der Waals surface area contributed by atoms with Gasteiger partial charge < -0.3 is 5.32 Å². The first-order valence-corrected chi connectivity index (χ1v) is 7.68. The lowest BCUT2D eigenvalue weighted by molar-refractivity contribution is -0.120. The van der Waals surface area contributed by atoms with Crippen molar-refractivity contribution in [1.82, 2.24) is 5.32 Å². The number of rotatable bonds is 5. The molecule has 0 aliphatic rings. The topological polar surface area (TPSA) is 29.1 Å². The normalized spacial score (nSPS) is 12.0. The third-order valence-corrected chi connectivity index (χ3v) is 4.25. The molecule has 0 aliphatic carbocycles. The Bertz CT molecular complexity index is 612. The molecule has 110 valence electrons. The minimum Gasteiger partial charge on any atom is -0.351 e. The van der Waals surface area contributed by atoms with Gasteiger partial charge in [0.1, 0.15) is 5.82 Å². The van der Waals surface area contributed by atoms with E-state index in [4.69, 9.17) is 0 Å². The van der Waals surface area contributed by atoms with Crippen molar-refractivity contribution in [2.75, 3.05) is 0 Å². The molecule has 0 bridgehead atoms. The fourth-order valence-corrected chi connectivity index (χ4v) is 2.73. The van der Waals surface area contributed by atoms with Crippen molar-refractivity contribution in [3.8, 4) is 0 Å². The van der Waals surface area contributed by atoms with E-state index in [1.807, 2.05) is 31.2 Å². The molecule has 0 fully saturated rings. The molecule has 1 N–H and O–H groups in total. The molecule has 2 rings (SSSR count). The van der Waals surface area contributed by atoms with Crippen LogP contribution in [0.3, 0.4) is 0 Å². The Morgan fingerprint density at radius 1 is 1.19 bits per heavy atom. The van der Waals surface area contributed by atoms with Crippen LogP contribution in [0.25, 0.3) is 0 Å². The molecule has 21 heavy (non-hydrogen) atoms. The summed E-state index contributed by atoms with van der Waals surface area (Å²) in [5.74, 6) is -0.385. The number of benzene rings is 2. The van der Waals surface area contributed by atoms with Crippen LogP contribution in [0.4, 0.5) is 4.39 Å². The zero-order valence-corrected chi connectivity index (χ0v) is 12.9. The average Bonchev–Trinajstić information content (AvgIpc) is 2.48. The number of hydrogen-bond donors (Lipinski definition) is 1. The molecule has 1 atom stereocenters. The van der Waals surface area contributed by atoms with Crippen molar-refractivity contribution in [3.63, 3.8) is 0 Å². The molecule has 1 unspecified atom stereocenters. The molecule has 0 saturated carbocycles. The van der Waals surface area contributed by atoms with Crippen molar-refractivity contribution in [1.29, 1.82) is 0 Å². The Morgan fingerprint density at radius 2 is 1.86 bits per heavy atom. The molecular formula is C17H18FNOS. The molecule has 2 aromatic carbocycles. The highest BCUT2D eigenvalue weighted by molar-refractivity contribution is 8.00. The van der Waals surface area contributed by atoms with E-state index in [0.29, 0.717) is 11.4 Å². The number of aryl methyl sites for hydroxylation is 1. The van der Waals surface area contributed by atoms with Gasteiger partial charge >= 0.3 is 0 Å². The maximum atomic E-state index is 13.5. The van der Waals surface area contributed by atoms with Gasteiger partial charge in [-0.05, 0) is 31.5 Å². The van der Waals surface area contributed by atoms with Gasteiger partial charge in [-0.2, -0.15) is 0 Å². The van der Waals surface area contributed by atoms with Gasteiger partial charge in [0, 0.05) is 11.4 Å².